The normalized spacial score (nSPS) is 14.9. The molecule has 0 spiro atoms. The van der Waals surface area contributed by atoms with Crippen molar-refractivity contribution in [2.24, 2.45) is 0 Å². The molecule has 2 rings (SSSR count). The number of nitrogens with zero attached hydrogens (tertiary/aromatic N) is 1. The van der Waals surface area contributed by atoms with Crippen LogP contribution in [0, 0.1) is 11.6 Å². The third kappa shape index (κ3) is 3.81. The van der Waals surface area contributed by atoms with E-state index in [1.807, 2.05) is 0 Å². The zero-order valence-corrected chi connectivity index (χ0v) is 12.5. The first-order valence-electron chi connectivity index (χ1n) is 7.35. The smallest absolute Gasteiger partial charge is 0.307 e. The van der Waals surface area contributed by atoms with E-state index in [0.29, 0.717) is 0 Å². The molecule has 1 aliphatic rings. The van der Waals surface area contributed by atoms with Gasteiger partial charge < -0.3 is 9.64 Å². The standard InChI is InChI=1S/C16H19F2NO3/c1-22-15(20)8-9-19(12-4-2-3-5-12)16(21)11-6-7-13(17)14(18)10-11/h6-7,10,12H,2-5,8-9H2,1H3. The maximum atomic E-state index is 13.3. The second-order valence-corrected chi connectivity index (χ2v) is 5.39. The van der Waals surface area contributed by atoms with Crippen LogP contribution in [0.4, 0.5) is 8.78 Å². The quantitative estimate of drug-likeness (QED) is 0.786. The molecule has 0 atom stereocenters. The summed E-state index contributed by atoms with van der Waals surface area (Å²) in [6.07, 6.45) is 3.84. The van der Waals surface area contributed by atoms with Crippen LogP contribution in [-0.2, 0) is 9.53 Å². The average Bonchev–Trinajstić information content (AvgIpc) is 3.03. The van der Waals surface area contributed by atoms with Crippen LogP contribution in [-0.4, -0.2) is 36.5 Å². The fourth-order valence-electron chi connectivity index (χ4n) is 2.77. The van der Waals surface area contributed by atoms with E-state index in [1.54, 1.807) is 4.90 Å². The lowest BCUT2D eigenvalue weighted by Crippen LogP contribution is -2.40. The molecule has 0 saturated heterocycles. The van der Waals surface area contributed by atoms with Gasteiger partial charge in [-0.05, 0) is 31.0 Å². The van der Waals surface area contributed by atoms with E-state index in [-0.39, 0.29) is 30.5 Å². The van der Waals surface area contributed by atoms with Gasteiger partial charge in [0.05, 0.1) is 13.5 Å². The van der Waals surface area contributed by atoms with E-state index >= 15 is 0 Å². The summed E-state index contributed by atoms with van der Waals surface area (Å²) in [5, 5.41) is 0. The van der Waals surface area contributed by atoms with Crippen LogP contribution in [0.1, 0.15) is 42.5 Å². The van der Waals surface area contributed by atoms with Crippen molar-refractivity contribution in [1.29, 1.82) is 0 Å². The molecule has 0 heterocycles. The molecule has 1 aromatic rings. The van der Waals surface area contributed by atoms with Crippen LogP contribution in [0.2, 0.25) is 0 Å². The van der Waals surface area contributed by atoms with Crippen molar-refractivity contribution in [1.82, 2.24) is 4.90 Å². The molecule has 0 radical (unpaired) electrons. The summed E-state index contributed by atoms with van der Waals surface area (Å²) in [5.41, 5.74) is 0.0932. The topological polar surface area (TPSA) is 46.6 Å². The van der Waals surface area contributed by atoms with Gasteiger partial charge >= 0.3 is 5.97 Å². The molecule has 22 heavy (non-hydrogen) atoms. The van der Waals surface area contributed by atoms with Gasteiger partial charge in [0.15, 0.2) is 11.6 Å². The van der Waals surface area contributed by atoms with Gasteiger partial charge in [0.25, 0.3) is 5.91 Å². The first kappa shape index (κ1) is 16.4. The van der Waals surface area contributed by atoms with Crippen molar-refractivity contribution in [3.63, 3.8) is 0 Å². The predicted octanol–water partition coefficient (Wildman–Crippen LogP) is 2.91. The van der Waals surface area contributed by atoms with E-state index in [4.69, 9.17) is 0 Å². The molecule has 6 heteroatoms. The fourth-order valence-corrected chi connectivity index (χ4v) is 2.77. The fraction of sp³-hybridized carbons (Fsp3) is 0.500. The van der Waals surface area contributed by atoms with Gasteiger partial charge in [-0.1, -0.05) is 12.8 Å². The molecule has 120 valence electrons. The molecule has 1 aliphatic carbocycles. The Morgan fingerprint density at radius 2 is 1.91 bits per heavy atom. The minimum Gasteiger partial charge on any atom is -0.469 e. The highest BCUT2D eigenvalue weighted by molar-refractivity contribution is 5.94. The third-order valence-electron chi connectivity index (χ3n) is 3.98. The Labute approximate surface area is 128 Å². The van der Waals surface area contributed by atoms with Crippen LogP contribution in [0.15, 0.2) is 18.2 Å². The molecule has 4 nitrogen and oxygen atoms in total. The van der Waals surface area contributed by atoms with Gasteiger partial charge in [-0.2, -0.15) is 0 Å². The summed E-state index contributed by atoms with van der Waals surface area (Å²) < 4.78 is 30.9. The lowest BCUT2D eigenvalue weighted by atomic mass is 10.1. The summed E-state index contributed by atoms with van der Waals surface area (Å²) in [6.45, 7) is 0.217. The van der Waals surface area contributed by atoms with Crippen molar-refractivity contribution in [3.8, 4) is 0 Å². The molecule has 0 N–H and O–H groups in total. The lowest BCUT2D eigenvalue weighted by molar-refractivity contribution is -0.140. The highest BCUT2D eigenvalue weighted by Gasteiger charge is 2.28. The Bertz CT molecular complexity index is 556. The number of halogens is 2. The lowest BCUT2D eigenvalue weighted by Gasteiger charge is -2.29. The van der Waals surface area contributed by atoms with Crippen LogP contribution < -0.4 is 0 Å². The molecular formula is C16H19F2NO3. The summed E-state index contributed by atoms with van der Waals surface area (Å²) in [7, 11) is 1.29. The average molecular weight is 311 g/mol. The number of esters is 1. The Kier molecular flexibility index (Phi) is 5.46. The van der Waals surface area contributed by atoms with Crippen molar-refractivity contribution in [2.45, 2.75) is 38.1 Å². The maximum absolute atomic E-state index is 13.3. The number of rotatable bonds is 5. The highest BCUT2D eigenvalue weighted by Crippen LogP contribution is 2.25. The van der Waals surface area contributed by atoms with E-state index in [1.165, 1.54) is 13.2 Å². The first-order valence-corrected chi connectivity index (χ1v) is 7.35. The summed E-state index contributed by atoms with van der Waals surface area (Å²) in [5.74, 6) is -2.82. The minimum absolute atomic E-state index is 0.0327. The van der Waals surface area contributed by atoms with Crippen LogP contribution in [0.3, 0.4) is 0 Å². The molecule has 1 amide bonds. The number of hydrogen-bond acceptors (Lipinski definition) is 3. The van der Waals surface area contributed by atoms with Gasteiger partial charge in [0.1, 0.15) is 0 Å². The van der Waals surface area contributed by atoms with Gasteiger partial charge in [-0.15, -0.1) is 0 Å². The van der Waals surface area contributed by atoms with Gasteiger partial charge in [0, 0.05) is 18.2 Å². The van der Waals surface area contributed by atoms with Crippen molar-refractivity contribution < 1.29 is 23.1 Å². The van der Waals surface area contributed by atoms with Crippen molar-refractivity contribution >= 4 is 11.9 Å². The number of carbonyl (C=O) groups is 2. The molecule has 0 bridgehead atoms. The monoisotopic (exact) mass is 311 g/mol. The van der Waals surface area contributed by atoms with E-state index < -0.39 is 17.6 Å². The van der Waals surface area contributed by atoms with Gasteiger partial charge in [-0.25, -0.2) is 8.78 Å². The number of benzene rings is 1. The number of ether oxygens (including phenoxy) is 1. The van der Waals surface area contributed by atoms with E-state index in [2.05, 4.69) is 4.74 Å². The summed E-state index contributed by atoms with van der Waals surface area (Å²) in [4.78, 5) is 25.5. The van der Waals surface area contributed by atoms with E-state index in [0.717, 1.165) is 37.8 Å². The minimum atomic E-state index is -1.05. The van der Waals surface area contributed by atoms with Crippen LogP contribution in [0.25, 0.3) is 0 Å². The van der Waals surface area contributed by atoms with Crippen LogP contribution in [0.5, 0.6) is 0 Å². The molecule has 0 aromatic heterocycles. The van der Waals surface area contributed by atoms with E-state index in [9.17, 15) is 18.4 Å². The molecule has 1 aromatic carbocycles. The van der Waals surface area contributed by atoms with Gasteiger partial charge in [0.2, 0.25) is 0 Å². The third-order valence-corrected chi connectivity index (χ3v) is 3.98. The second kappa shape index (κ2) is 7.33. The zero-order chi connectivity index (χ0) is 16.1. The predicted molar refractivity (Wildman–Crippen MR) is 76.3 cm³/mol. The SMILES string of the molecule is COC(=O)CCN(C(=O)c1ccc(F)c(F)c1)C1CCCC1. The first-order chi connectivity index (χ1) is 10.5. The molecule has 0 aliphatic heterocycles. The maximum Gasteiger partial charge on any atom is 0.307 e. The Hall–Kier alpha value is -1.98. The zero-order valence-electron chi connectivity index (χ0n) is 12.5. The summed E-state index contributed by atoms with van der Waals surface area (Å²) in [6, 6.07) is 3.14. The molecular weight excluding hydrogens is 292 g/mol. The second-order valence-electron chi connectivity index (χ2n) is 5.39. The largest absolute Gasteiger partial charge is 0.469 e. The highest BCUT2D eigenvalue weighted by atomic mass is 19.2. The van der Waals surface area contributed by atoms with Crippen molar-refractivity contribution in [3.05, 3.63) is 35.4 Å². The summed E-state index contributed by atoms with van der Waals surface area (Å²) >= 11 is 0. The number of carbonyl (C=O) groups excluding carboxylic acids is 2. The van der Waals surface area contributed by atoms with Gasteiger partial charge in [-0.3, -0.25) is 9.59 Å². The Balaban J connectivity index is 2.16. The molecule has 1 saturated carbocycles. The number of hydrogen-bond donors (Lipinski definition) is 0. The molecule has 1 fully saturated rings. The number of amides is 1. The molecule has 0 unspecified atom stereocenters. The number of methoxy groups -OCH3 is 1. The van der Waals surface area contributed by atoms with Crippen LogP contribution >= 0.6 is 0 Å². The Morgan fingerprint density at radius 3 is 2.50 bits per heavy atom. The Morgan fingerprint density at radius 1 is 1.23 bits per heavy atom. The van der Waals surface area contributed by atoms with Crippen molar-refractivity contribution in [2.75, 3.05) is 13.7 Å².